The molecule has 0 aliphatic heterocycles. The number of hydrogen-bond donors (Lipinski definition) is 3. The lowest BCUT2D eigenvalue weighted by molar-refractivity contribution is 0.0933. The largest absolute Gasteiger partial charge is 0.341 e. The van der Waals surface area contributed by atoms with E-state index >= 15 is 0 Å². The van der Waals surface area contributed by atoms with Crippen molar-refractivity contribution in [2.24, 2.45) is 0 Å². The number of rotatable bonds is 3. The number of para-hydroxylation sites is 2. The van der Waals surface area contributed by atoms with Crippen molar-refractivity contribution in [3.8, 4) is 0 Å². The van der Waals surface area contributed by atoms with Gasteiger partial charge in [0.15, 0.2) is 0 Å². The zero-order valence-corrected chi connectivity index (χ0v) is 13.5. The first-order valence-corrected chi connectivity index (χ1v) is 7.99. The topological polar surface area (TPSA) is 90.6 Å². The first-order chi connectivity index (χ1) is 12.1. The Bertz CT molecular complexity index is 1110. The van der Waals surface area contributed by atoms with Gasteiger partial charge in [0.05, 0.1) is 17.1 Å². The Hall–Kier alpha value is -3.41. The number of hydrogen-bond acceptors (Lipinski definition) is 3. The van der Waals surface area contributed by atoms with Gasteiger partial charge >= 0.3 is 0 Å². The monoisotopic (exact) mass is 332 g/mol. The average Bonchev–Trinajstić information content (AvgIpc) is 3.06. The van der Waals surface area contributed by atoms with E-state index in [0.717, 1.165) is 16.4 Å². The highest BCUT2D eigenvalue weighted by Gasteiger charge is 2.16. The number of imidazole rings is 1. The minimum absolute atomic E-state index is 0.228. The van der Waals surface area contributed by atoms with Crippen molar-refractivity contribution in [3.63, 3.8) is 0 Å². The van der Waals surface area contributed by atoms with Crippen LogP contribution in [0, 0.1) is 0 Å². The van der Waals surface area contributed by atoms with Gasteiger partial charge in [-0.05, 0) is 36.6 Å². The second-order valence-corrected chi connectivity index (χ2v) is 5.93. The van der Waals surface area contributed by atoms with E-state index in [2.05, 4.69) is 20.3 Å². The minimum Gasteiger partial charge on any atom is -0.341 e. The highest BCUT2D eigenvalue weighted by Crippen LogP contribution is 2.16. The molecule has 0 saturated heterocycles. The molecule has 2 aromatic carbocycles. The summed E-state index contributed by atoms with van der Waals surface area (Å²) in [5, 5.41) is 4.15. The predicted octanol–water partition coefficient (Wildman–Crippen LogP) is 2.90. The molecule has 124 valence electrons. The SMILES string of the molecule is CC(NC(=O)c1cc2ccccc2c(=O)[nH]1)c1nc2ccccc2[nH]1. The van der Waals surface area contributed by atoms with E-state index in [1.54, 1.807) is 18.2 Å². The van der Waals surface area contributed by atoms with Gasteiger partial charge in [0.1, 0.15) is 11.5 Å². The van der Waals surface area contributed by atoms with E-state index in [1.807, 2.05) is 43.3 Å². The first-order valence-electron chi connectivity index (χ1n) is 7.99. The lowest BCUT2D eigenvalue weighted by atomic mass is 10.1. The zero-order chi connectivity index (χ0) is 17.4. The van der Waals surface area contributed by atoms with Gasteiger partial charge in [-0.15, -0.1) is 0 Å². The lowest BCUT2D eigenvalue weighted by Gasteiger charge is -2.11. The van der Waals surface area contributed by atoms with Crippen molar-refractivity contribution in [2.45, 2.75) is 13.0 Å². The summed E-state index contributed by atoms with van der Waals surface area (Å²) >= 11 is 0. The van der Waals surface area contributed by atoms with Crippen molar-refractivity contribution in [3.05, 3.63) is 76.5 Å². The molecule has 0 spiro atoms. The Balaban J connectivity index is 1.62. The number of H-pyrrole nitrogens is 2. The van der Waals surface area contributed by atoms with Crippen molar-refractivity contribution >= 4 is 27.7 Å². The summed E-state index contributed by atoms with van der Waals surface area (Å²) in [6.07, 6.45) is 0. The third-order valence-corrected chi connectivity index (χ3v) is 4.16. The first kappa shape index (κ1) is 15.1. The quantitative estimate of drug-likeness (QED) is 0.539. The van der Waals surface area contributed by atoms with Crippen molar-refractivity contribution in [2.75, 3.05) is 0 Å². The molecular formula is C19H16N4O2. The maximum atomic E-state index is 12.5. The fraction of sp³-hybridized carbons (Fsp3) is 0.105. The molecule has 2 heterocycles. The summed E-state index contributed by atoms with van der Waals surface area (Å²) in [7, 11) is 0. The molecular weight excluding hydrogens is 316 g/mol. The smallest absolute Gasteiger partial charge is 0.268 e. The summed E-state index contributed by atoms with van der Waals surface area (Å²) in [5.41, 5.74) is 1.71. The molecule has 4 rings (SSSR count). The maximum Gasteiger partial charge on any atom is 0.268 e. The minimum atomic E-state index is -0.351. The number of carbonyl (C=O) groups excluding carboxylic acids is 1. The number of carbonyl (C=O) groups is 1. The van der Waals surface area contributed by atoms with Crippen LogP contribution < -0.4 is 10.9 Å². The van der Waals surface area contributed by atoms with Gasteiger partial charge in [0, 0.05) is 5.39 Å². The summed E-state index contributed by atoms with van der Waals surface area (Å²) in [6.45, 7) is 1.84. The second-order valence-electron chi connectivity index (χ2n) is 5.93. The fourth-order valence-corrected chi connectivity index (χ4v) is 2.85. The van der Waals surface area contributed by atoms with Gasteiger partial charge < -0.3 is 15.3 Å². The Morgan fingerprint density at radius 3 is 2.68 bits per heavy atom. The molecule has 4 aromatic rings. The molecule has 0 aliphatic carbocycles. The Morgan fingerprint density at radius 2 is 1.84 bits per heavy atom. The van der Waals surface area contributed by atoms with E-state index in [-0.39, 0.29) is 23.2 Å². The third kappa shape index (κ3) is 2.78. The van der Waals surface area contributed by atoms with Gasteiger partial charge in [-0.1, -0.05) is 30.3 Å². The second kappa shape index (κ2) is 5.90. The molecule has 0 fully saturated rings. The fourth-order valence-electron chi connectivity index (χ4n) is 2.85. The average molecular weight is 332 g/mol. The third-order valence-electron chi connectivity index (χ3n) is 4.16. The number of fused-ring (bicyclic) bond motifs is 2. The van der Waals surface area contributed by atoms with Crippen LogP contribution in [0.15, 0.2) is 59.4 Å². The molecule has 2 aromatic heterocycles. The highest BCUT2D eigenvalue weighted by atomic mass is 16.2. The summed E-state index contributed by atoms with van der Waals surface area (Å²) in [4.78, 5) is 35.0. The van der Waals surface area contributed by atoms with Gasteiger partial charge in [-0.2, -0.15) is 0 Å². The Morgan fingerprint density at radius 1 is 1.08 bits per heavy atom. The summed E-state index contributed by atoms with van der Waals surface area (Å²) in [6, 6.07) is 16.2. The van der Waals surface area contributed by atoms with E-state index in [0.29, 0.717) is 11.2 Å². The predicted molar refractivity (Wildman–Crippen MR) is 96.5 cm³/mol. The van der Waals surface area contributed by atoms with Crippen LogP contribution in [0.5, 0.6) is 0 Å². The molecule has 0 bridgehead atoms. The van der Waals surface area contributed by atoms with Crippen LogP contribution in [0.2, 0.25) is 0 Å². The van der Waals surface area contributed by atoms with Crippen molar-refractivity contribution < 1.29 is 4.79 Å². The van der Waals surface area contributed by atoms with E-state index in [1.165, 1.54) is 0 Å². The molecule has 3 N–H and O–H groups in total. The molecule has 1 amide bonds. The number of aromatic nitrogens is 3. The van der Waals surface area contributed by atoms with Crippen LogP contribution in [0.25, 0.3) is 21.8 Å². The normalized spacial score (nSPS) is 12.4. The van der Waals surface area contributed by atoms with Gasteiger partial charge in [0.2, 0.25) is 0 Å². The molecule has 25 heavy (non-hydrogen) atoms. The number of nitrogens with zero attached hydrogens (tertiary/aromatic N) is 1. The lowest BCUT2D eigenvalue weighted by Crippen LogP contribution is -2.29. The molecule has 6 heteroatoms. The maximum absolute atomic E-state index is 12.5. The van der Waals surface area contributed by atoms with Gasteiger partial charge in [0.25, 0.3) is 11.5 Å². The number of aromatic amines is 2. The Kier molecular flexibility index (Phi) is 3.57. The van der Waals surface area contributed by atoms with Crippen LogP contribution >= 0.6 is 0 Å². The molecule has 1 atom stereocenters. The van der Waals surface area contributed by atoms with Gasteiger partial charge in [-0.3, -0.25) is 9.59 Å². The zero-order valence-electron chi connectivity index (χ0n) is 13.5. The van der Waals surface area contributed by atoms with Crippen LogP contribution in [0.4, 0.5) is 0 Å². The number of benzene rings is 2. The Labute approximate surface area is 142 Å². The standard InChI is InChI=1S/C19H16N4O2/c1-11(17-21-14-8-4-5-9-15(14)22-17)20-19(25)16-10-12-6-2-3-7-13(12)18(24)23-16/h2-11H,1H3,(H,20,25)(H,21,22)(H,23,24). The molecule has 0 aliphatic rings. The highest BCUT2D eigenvalue weighted by molar-refractivity contribution is 5.96. The van der Waals surface area contributed by atoms with Crippen LogP contribution in [0.3, 0.4) is 0 Å². The van der Waals surface area contributed by atoms with E-state index in [4.69, 9.17) is 0 Å². The molecule has 1 unspecified atom stereocenters. The van der Waals surface area contributed by atoms with Crippen LogP contribution in [-0.4, -0.2) is 20.9 Å². The van der Waals surface area contributed by atoms with E-state index < -0.39 is 0 Å². The number of amides is 1. The van der Waals surface area contributed by atoms with E-state index in [9.17, 15) is 9.59 Å². The van der Waals surface area contributed by atoms with Crippen molar-refractivity contribution in [1.29, 1.82) is 0 Å². The van der Waals surface area contributed by atoms with Crippen LogP contribution in [-0.2, 0) is 0 Å². The molecule has 6 nitrogen and oxygen atoms in total. The summed E-state index contributed by atoms with van der Waals surface area (Å²) in [5.74, 6) is 0.313. The van der Waals surface area contributed by atoms with Gasteiger partial charge in [-0.25, -0.2) is 4.98 Å². The van der Waals surface area contributed by atoms with Crippen molar-refractivity contribution in [1.82, 2.24) is 20.3 Å². The summed E-state index contributed by atoms with van der Waals surface area (Å²) < 4.78 is 0. The number of pyridine rings is 1. The molecule has 0 radical (unpaired) electrons. The molecule has 0 saturated carbocycles. The number of nitrogens with one attached hydrogen (secondary N) is 3. The van der Waals surface area contributed by atoms with Crippen LogP contribution in [0.1, 0.15) is 29.3 Å².